The molecule has 0 aromatic carbocycles. The van der Waals surface area contributed by atoms with E-state index < -0.39 is 5.97 Å². The number of rotatable bonds is 1. The first kappa shape index (κ1) is 8.68. The highest BCUT2D eigenvalue weighted by atomic mass is 16.5. The van der Waals surface area contributed by atoms with Crippen molar-refractivity contribution in [1.29, 1.82) is 0 Å². The molecule has 2 heterocycles. The second-order valence-electron chi connectivity index (χ2n) is 2.92. The quantitative estimate of drug-likeness (QED) is 0.626. The molecule has 0 amide bonds. The second kappa shape index (κ2) is 3.10. The number of aryl methyl sites for hydroxylation is 1. The lowest BCUT2D eigenvalue weighted by Gasteiger charge is -1.97. The summed E-state index contributed by atoms with van der Waals surface area (Å²) in [7, 11) is 1.34. The van der Waals surface area contributed by atoms with Crippen LogP contribution in [0, 0.1) is 6.92 Å². The lowest BCUT2D eigenvalue weighted by molar-refractivity contribution is 0.0600. The Morgan fingerprint density at radius 2 is 2.36 bits per heavy atom. The number of carbonyl (C=O) groups is 1. The topological polar surface area (TPSA) is 56.5 Å². The molecular formula is C9H9N3O2. The van der Waals surface area contributed by atoms with E-state index in [4.69, 9.17) is 0 Å². The lowest BCUT2D eigenvalue weighted by atomic mass is 10.3. The van der Waals surface area contributed by atoms with Crippen LogP contribution in [0.25, 0.3) is 5.65 Å². The minimum absolute atomic E-state index is 0.402. The number of methoxy groups -OCH3 is 1. The molecule has 0 spiro atoms. The van der Waals surface area contributed by atoms with Crippen LogP contribution >= 0.6 is 0 Å². The van der Waals surface area contributed by atoms with Crippen LogP contribution in [0.15, 0.2) is 18.5 Å². The molecule has 14 heavy (non-hydrogen) atoms. The molecule has 5 heteroatoms. The number of aromatic nitrogens is 3. The number of fused-ring (bicyclic) bond motifs is 1. The zero-order valence-corrected chi connectivity index (χ0v) is 7.89. The largest absolute Gasteiger partial charge is 0.465 e. The number of carbonyl (C=O) groups excluding carboxylic acids is 1. The molecule has 2 rings (SSSR count). The van der Waals surface area contributed by atoms with Gasteiger partial charge >= 0.3 is 5.97 Å². The first-order valence-electron chi connectivity index (χ1n) is 4.11. The number of imidazole rings is 1. The molecule has 0 saturated carbocycles. The fraction of sp³-hybridized carbons (Fsp3) is 0.222. The third-order valence-electron chi connectivity index (χ3n) is 1.86. The molecule has 0 N–H and O–H groups in total. The summed E-state index contributed by atoms with van der Waals surface area (Å²) in [4.78, 5) is 15.3. The normalized spacial score (nSPS) is 10.4. The standard InChI is InChI=1S/C9H9N3O2/c1-6-5-12-8(11-6)3-7(4-10-12)9(13)14-2/h3-5H,1-2H3. The molecule has 0 radical (unpaired) electrons. The van der Waals surface area contributed by atoms with Gasteiger partial charge in [0.15, 0.2) is 5.65 Å². The van der Waals surface area contributed by atoms with Gasteiger partial charge in [-0.3, -0.25) is 0 Å². The second-order valence-corrected chi connectivity index (χ2v) is 2.92. The van der Waals surface area contributed by atoms with Gasteiger partial charge in [-0.1, -0.05) is 0 Å². The van der Waals surface area contributed by atoms with Crippen molar-refractivity contribution in [2.75, 3.05) is 7.11 Å². The zero-order chi connectivity index (χ0) is 10.1. The Morgan fingerprint density at radius 1 is 1.57 bits per heavy atom. The molecule has 5 nitrogen and oxygen atoms in total. The lowest BCUT2D eigenvalue weighted by Crippen LogP contribution is -2.03. The van der Waals surface area contributed by atoms with Crippen LogP contribution < -0.4 is 0 Å². The van der Waals surface area contributed by atoms with E-state index in [0.29, 0.717) is 11.2 Å². The summed E-state index contributed by atoms with van der Waals surface area (Å²) >= 11 is 0. The number of hydrogen-bond acceptors (Lipinski definition) is 4. The van der Waals surface area contributed by atoms with Crippen molar-refractivity contribution in [1.82, 2.24) is 14.6 Å². The molecule has 0 bridgehead atoms. The van der Waals surface area contributed by atoms with Gasteiger partial charge in [0, 0.05) is 0 Å². The SMILES string of the molecule is COC(=O)c1cnn2cc(C)nc2c1. The maximum Gasteiger partial charge on any atom is 0.339 e. The fourth-order valence-electron chi connectivity index (χ4n) is 1.23. The van der Waals surface area contributed by atoms with Gasteiger partial charge in [-0.05, 0) is 13.0 Å². The zero-order valence-electron chi connectivity index (χ0n) is 7.89. The van der Waals surface area contributed by atoms with Gasteiger partial charge in [-0.25, -0.2) is 14.3 Å². The van der Waals surface area contributed by atoms with E-state index in [-0.39, 0.29) is 0 Å². The summed E-state index contributed by atoms with van der Waals surface area (Å²) in [6, 6.07) is 1.64. The summed E-state index contributed by atoms with van der Waals surface area (Å²) in [5, 5.41) is 4.02. The fourth-order valence-corrected chi connectivity index (χ4v) is 1.23. The number of nitrogens with zero attached hydrogens (tertiary/aromatic N) is 3. The minimum atomic E-state index is -0.402. The molecule has 0 aliphatic heterocycles. The Balaban J connectivity index is 2.55. The van der Waals surface area contributed by atoms with Crippen molar-refractivity contribution in [2.45, 2.75) is 6.92 Å². The van der Waals surface area contributed by atoms with Crippen molar-refractivity contribution >= 4 is 11.6 Å². The van der Waals surface area contributed by atoms with Gasteiger partial charge < -0.3 is 4.74 Å². The third kappa shape index (κ3) is 1.32. The Labute approximate surface area is 80.3 Å². The van der Waals surface area contributed by atoms with Crippen LogP contribution in [0.1, 0.15) is 16.1 Å². The first-order chi connectivity index (χ1) is 6.70. The molecule has 0 atom stereocenters. The summed E-state index contributed by atoms with van der Waals surface area (Å²) in [6.07, 6.45) is 3.25. The minimum Gasteiger partial charge on any atom is -0.465 e. The van der Waals surface area contributed by atoms with Crippen molar-refractivity contribution in [3.63, 3.8) is 0 Å². The summed E-state index contributed by atoms with van der Waals surface area (Å²) in [5.41, 5.74) is 1.91. The predicted octanol–water partition coefficient (Wildman–Crippen LogP) is 0.824. The monoisotopic (exact) mass is 191 g/mol. The van der Waals surface area contributed by atoms with Gasteiger partial charge in [0.1, 0.15) is 0 Å². The van der Waals surface area contributed by atoms with Crippen LogP contribution in [0.4, 0.5) is 0 Å². The Hall–Kier alpha value is -1.91. The summed E-state index contributed by atoms with van der Waals surface area (Å²) < 4.78 is 6.19. The van der Waals surface area contributed by atoms with Crippen molar-refractivity contribution in [2.24, 2.45) is 0 Å². The first-order valence-corrected chi connectivity index (χ1v) is 4.11. The van der Waals surface area contributed by atoms with E-state index in [1.165, 1.54) is 13.3 Å². The van der Waals surface area contributed by atoms with Crippen LogP contribution in [0.3, 0.4) is 0 Å². The molecule has 0 unspecified atom stereocenters. The van der Waals surface area contributed by atoms with E-state index in [9.17, 15) is 4.79 Å². The third-order valence-corrected chi connectivity index (χ3v) is 1.86. The van der Waals surface area contributed by atoms with E-state index in [2.05, 4.69) is 14.8 Å². The molecule has 2 aromatic rings. The predicted molar refractivity (Wildman–Crippen MR) is 49.1 cm³/mol. The van der Waals surface area contributed by atoms with Crippen LogP contribution in [-0.4, -0.2) is 27.7 Å². The Morgan fingerprint density at radius 3 is 3.07 bits per heavy atom. The van der Waals surface area contributed by atoms with Crippen LogP contribution in [0.2, 0.25) is 0 Å². The maximum atomic E-state index is 11.2. The molecule has 72 valence electrons. The average Bonchev–Trinajstić information content (AvgIpc) is 2.55. The van der Waals surface area contributed by atoms with Gasteiger partial charge in [0.25, 0.3) is 0 Å². The van der Waals surface area contributed by atoms with Gasteiger partial charge in [0.2, 0.25) is 0 Å². The molecule has 2 aromatic heterocycles. The van der Waals surface area contributed by atoms with Gasteiger partial charge in [-0.2, -0.15) is 5.10 Å². The van der Waals surface area contributed by atoms with Crippen molar-refractivity contribution < 1.29 is 9.53 Å². The maximum absolute atomic E-state index is 11.2. The highest BCUT2D eigenvalue weighted by Crippen LogP contribution is 2.06. The van der Waals surface area contributed by atoms with Crippen LogP contribution in [-0.2, 0) is 4.74 Å². The Bertz CT molecular complexity index is 490. The molecule has 0 aliphatic carbocycles. The van der Waals surface area contributed by atoms with E-state index in [0.717, 1.165) is 5.69 Å². The van der Waals surface area contributed by atoms with Crippen molar-refractivity contribution in [3.8, 4) is 0 Å². The molecule has 0 fully saturated rings. The van der Waals surface area contributed by atoms with Gasteiger partial charge in [-0.15, -0.1) is 0 Å². The Kier molecular flexibility index (Phi) is 1.92. The average molecular weight is 191 g/mol. The summed E-state index contributed by atoms with van der Waals surface area (Å²) in [5.74, 6) is -0.402. The number of esters is 1. The van der Waals surface area contributed by atoms with Crippen LogP contribution in [0.5, 0.6) is 0 Å². The smallest absolute Gasteiger partial charge is 0.339 e. The summed E-state index contributed by atoms with van der Waals surface area (Å²) in [6.45, 7) is 1.87. The number of hydrogen-bond donors (Lipinski definition) is 0. The highest BCUT2D eigenvalue weighted by Gasteiger charge is 2.07. The highest BCUT2D eigenvalue weighted by molar-refractivity contribution is 5.89. The van der Waals surface area contributed by atoms with E-state index in [1.54, 1.807) is 16.8 Å². The van der Waals surface area contributed by atoms with E-state index >= 15 is 0 Å². The molecule has 0 saturated heterocycles. The van der Waals surface area contributed by atoms with Crippen molar-refractivity contribution in [3.05, 3.63) is 29.7 Å². The molecule has 0 aliphatic rings. The van der Waals surface area contributed by atoms with E-state index in [1.807, 2.05) is 6.92 Å². The number of ether oxygens (including phenoxy) is 1. The molecular weight excluding hydrogens is 182 g/mol. The van der Waals surface area contributed by atoms with Gasteiger partial charge in [0.05, 0.1) is 30.8 Å².